The lowest BCUT2D eigenvalue weighted by molar-refractivity contribution is 0.516. The molecule has 0 bridgehead atoms. The summed E-state index contributed by atoms with van der Waals surface area (Å²) >= 11 is 0. The van der Waals surface area contributed by atoms with Crippen molar-refractivity contribution < 1.29 is 0 Å². The lowest BCUT2D eigenvalue weighted by Gasteiger charge is -2.09. The topological polar surface area (TPSA) is 12.9 Å². The van der Waals surface area contributed by atoms with Crippen LogP contribution in [0.2, 0.25) is 0 Å². The van der Waals surface area contributed by atoms with Gasteiger partial charge in [-0.3, -0.25) is 4.98 Å². The quantitative estimate of drug-likeness (QED) is 0.727. The van der Waals surface area contributed by atoms with Gasteiger partial charge in [-0.25, -0.2) is 0 Å². The average Bonchev–Trinajstić information content (AvgIpc) is 2.46. The number of nitrogens with zero attached hydrogens (tertiary/aromatic N) is 1. The van der Waals surface area contributed by atoms with Crippen LogP contribution in [0, 0.1) is 12.8 Å². The van der Waals surface area contributed by atoms with E-state index in [4.69, 9.17) is 0 Å². The fourth-order valence-corrected chi connectivity index (χ4v) is 2.21. The summed E-state index contributed by atoms with van der Waals surface area (Å²) in [5.41, 5.74) is 4.93. The average molecular weight is 253 g/mol. The second kappa shape index (κ2) is 6.51. The number of benzene rings is 1. The minimum Gasteiger partial charge on any atom is -0.256 e. The lowest BCUT2D eigenvalue weighted by atomic mass is 9.99. The highest BCUT2D eigenvalue weighted by Gasteiger charge is 2.04. The molecule has 0 N–H and O–H groups in total. The van der Waals surface area contributed by atoms with Crippen LogP contribution in [0.4, 0.5) is 0 Å². The van der Waals surface area contributed by atoms with E-state index in [1.54, 1.807) is 0 Å². The molecule has 0 aliphatic carbocycles. The summed E-state index contributed by atoms with van der Waals surface area (Å²) in [6.07, 6.45) is 5.68. The van der Waals surface area contributed by atoms with Gasteiger partial charge in [0.15, 0.2) is 0 Å². The summed E-state index contributed by atoms with van der Waals surface area (Å²) in [6, 6.07) is 12.8. The molecule has 0 amide bonds. The fraction of sp³-hybridized carbons (Fsp3) is 0.389. The number of hydrogen-bond donors (Lipinski definition) is 0. The SMILES string of the molecule is CC[C@H](C)CCc1ccc(-c2ccccc2C)nc1. The predicted molar refractivity (Wildman–Crippen MR) is 82.2 cm³/mol. The lowest BCUT2D eigenvalue weighted by Crippen LogP contribution is -1.96. The third kappa shape index (κ3) is 3.66. The highest BCUT2D eigenvalue weighted by Crippen LogP contribution is 2.21. The minimum atomic E-state index is 0.802. The van der Waals surface area contributed by atoms with Crippen LogP contribution >= 0.6 is 0 Å². The van der Waals surface area contributed by atoms with Crippen molar-refractivity contribution in [1.82, 2.24) is 4.98 Å². The molecule has 0 unspecified atom stereocenters. The summed E-state index contributed by atoms with van der Waals surface area (Å²) in [4.78, 5) is 4.61. The number of pyridine rings is 1. The molecule has 1 aromatic carbocycles. The van der Waals surface area contributed by atoms with E-state index in [2.05, 4.69) is 62.2 Å². The number of aromatic nitrogens is 1. The monoisotopic (exact) mass is 253 g/mol. The summed E-state index contributed by atoms with van der Waals surface area (Å²) in [6.45, 7) is 6.70. The van der Waals surface area contributed by atoms with Crippen molar-refractivity contribution in [3.63, 3.8) is 0 Å². The highest BCUT2D eigenvalue weighted by atomic mass is 14.7. The third-order valence-corrected chi connectivity index (χ3v) is 3.87. The van der Waals surface area contributed by atoms with E-state index in [1.165, 1.54) is 29.5 Å². The van der Waals surface area contributed by atoms with Crippen molar-refractivity contribution in [2.75, 3.05) is 0 Å². The summed E-state index contributed by atoms with van der Waals surface area (Å²) in [5.74, 6) is 0.802. The van der Waals surface area contributed by atoms with Crippen LogP contribution in [0.3, 0.4) is 0 Å². The summed E-state index contributed by atoms with van der Waals surface area (Å²) in [5, 5.41) is 0. The molecule has 0 fully saturated rings. The Bertz CT molecular complexity index is 513. The number of rotatable bonds is 5. The van der Waals surface area contributed by atoms with Crippen LogP contribution in [-0.2, 0) is 6.42 Å². The van der Waals surface area contributed by atoms with E-state index >= 15 is 0 Å². The van der Waals surface area contributed by atoms with Crippen molar-refractivity contribution in [3.8, 4) is 11.3 Å². The molecule has 1 heteroatoms. The second-order valence-electron chi connectivity index (χ2n) is 5.42. The van der Waals surface area contributed by atoms with Gasteiger partial charge in [-0.1, -0.05) is 50.6 Å². The standard InChI is InChI=1S/C18H23N/c1-4-14(2)9-10-16-11-12-18(19-13-16)17-8-6-5-7-15(17)3/h5-8,11-14H,4,9-10H2,1-3H3/t14-/m0/s1. The van der Waals surface area contributed by atoms with Crippen molar-refractivity contribution in [2.45, 2.75) is 40.0 Å². The molecule has 0 saturated heterocycles. The molecule has 0 aliphatic heterocycles. The van der Waals surface area contributed by atoms with Crippen LogP contribution in [-0.4, -0.2) is 4.98 Å². The Balaban J connectivity index is 2.09. The normalized spacial score (nSPS) is 12.4. The molecule has 2 aromatic rings. The van der Waals surface area contributed by atoms with Gasteiger partial charge in [0.1, 0.15) is 0 Å². The molecule has 19 heavy (non-hydrogen) atoms. The smallest absolute Gasteiger partial charge is 0.0704 e. The summed E-state index contributed by atoms with van der Waals surface area (Å²) < 4.78 is 0. The highest BCUT2D eigenvalue weighted by molar-refractivity contribution is 5.63. The Hall–Kier alpha value is -1.63. The molecule has 1 atom stereocenters. The van der Waals surface area contributed by atoms with Crippen LogP contribution in [0.1, 0.15) is 37.8 Å². The molecule has 0 saturated carbocycles. The predicted octanol–water partition coefficient (Wildman–Crippen LogP) is 5.04. The molecule has 0 aliphatic rings. The molecular formula is C18H23N. The van der Waals surface area contributed by atoms with Gasteiger partial charge in [0.25, 0.3) is 0 Å². The first kappa shape index (κ1) is 13.8. The zero-order valence-corrected chi connectivity index (χ0v) is 12.2. The molecule has 1 heterocycles. The van der Waals surface area contributed by atoms with Crippen LogP contribution in [0.25, 0.3) is 11.3 Å². The van der Waals surface area contributed by atoms with Crippen molar-refractivity contribution in [3.05, 3.63) is 53.7 Å². The van der Waals surface area contributed by atoms with E-state index in [0.29, 0.717) is 0 Å². The molecule has 100 valence electrons. The van der Waals surface area contributed by atoms with Crippen LogP contribution in [0.5, 0.6) is 0 Å². The first-order valence-electron chi connectivity index (χ1n) is 7.21. The Kier molecular flexibility index (Phi) is 4.73. The van der Waals surface area contributed by atoms with Gasteiger partial charge in [-0.2, -0.15) is 0 Å². The Morgan fingerprint density at radius 2 is 1.89 bits per heavy atom. The Morgan fingerprint density at radius 3 is 2.53 bits per heavy atom. The van der Waals surface area contributed by atoms with E-state index < -0.39 is 0 Å². The fourth-order valence-electron chi connectivity index (χ4n) is 2.21. The molecule has 1 aromatic heterocycles. The van der Waals surface area contributed by atoms with E-state index in [-0.39, 0.29) is 0 Å². The maximum atomic E-state index is 4.61. The van der Waals surface area contributed by atoms with Gasteiger partial charge in [-0.05, 0) is 42.9 Å². The maximum Gasteiger partial charge on any atom is 0.0704 e. The van der Waals surface area contributed by atoms with Gasteiger partial charge in [0.05, 0.1) is 5.69 Å². The third-order valence-electron chi connectivity index (χ3n) is 3.87. The van der Waals surface area contributed by atoms with Gasteiger partial charge in [0, 0.05) is 11.8 Å². The van der Waals surface area contributed by atoms with Crippen LogP contribution < -0.4 is 0 Å². The Labute approximate surface area is 116 Å². The number of hydrogen-bond acceptors (Lipinski definition) is 1. The molecule has 0 radical (unpaired) electrons. The summed E-state index contributed by atoms with van der Waals surface area (Å²) in [7, 11) is 0. The van der Waals surface area contributed by atoms with E-state index in [1.807, 2.05) is 6.20 Å². The first-order valence-corrected chi connectivity index (χ1v) is 7.21. The molecule has 1 nitrogen and oxygen atoms in total. The minimum absolute atomic E-state index is 0.802. The first-order chi connectivity index (χ1) is 9.20. The van der Waals surface area contributed by atoms with Crippen molar-refractivity contribution in [1.29, 1.82) is 0 Å². The zero-order chi connectivity index (χ0) is 13.7. The van der Waals surface area contributed by atoms with Crippen LogP contribution in [0.15, 0.2) is 42.6 Å². The van der Waals surface area contributed by atoms with Gasteiger partial charge < -0.3 is 0 Å². The second-order valence-corrected chi connectivity index (χ2v) is 5.42. The molecular weight excluding hydrogens is 230 g/mol. The van der Waals surface area contributed by atoms with Gasteiger partial charge in [-0.15, -0.1) is 0 Å². The number of aryl methyl sites for hydroxylation is 2. The largest absolute Gasteiger partial charge is 0.256 e. The van der Waals surface area contributed by atoms with E-state index in [9.17, 15) is 0 Å². The Morgan fingerprint density at radius 1 is 1.11 bits per heavy atom. The van der Waals surface area contributed by atoms with Crippen molar-refractivity contribution >= 4 is 0 Å². The maximum absolute atomic E-state index is 4.61. The van der Waals surface area contributed by atoms with Crippen molar-refractivity contribution in [2.24, 2.45) is 5.92 Å². The molecule has 2 rings (SSSR count). The van der Waals surface area contributed by atoms with Gasteiger partial charge in [0.2, 0.25) is 0 Å². The van der Waals surface area contributed by atoms with Gasteiger partial charge >= 0.3 is 0 Å². The van der Waals surface area contributed by atoms with E-state index in [0.717, 1.165) is 18.0 Å². The zero-order valence-electron chi connectivity index (χ0n) is 12.2. The molecule has 0 spiro atoms.